The molecule has 0 aromatic heterocycles. The van der Waals surface area contributed by atoms with Crippen molar-refractivity contribution >= 4 is 45.5 Å². The summed E-state index contributed by atoms with van der Waals surface area (Å²) in [6, 6.07) is 0. The Labute approximate surface area is 100 Å². The Balaban J connectivity index is 0. The minimum atomic E-state index is -3.91. The molecule has 6 heteroatoms. The van der Waals surface area contributed by atoms with Crippen LogP contribution in [-0.4, -0.2) is 54.1 Å². The second-order valence-electron chi connectivity index (χ2n) is 2.36. The number of rotatable bonds is 5. The topological polar surface area (TPSA) is 71.4 Å². The standard InChI is InChI=1S/C7H12O4S.Na.H/c1-2-4-7(8)5-3-6-12(9,10)11;;/h2,4H,3,5-6H2,1H3,(H,9,10,11);;. The zero-order chi connectivity index (χ0) is 9.61. The summed E-state index contributed by atoms with van der Waals surface area (Å²) >= 11 is 0. The molecule has 0 aliphatic rings. The van der Waals surface area contributed by atoms with Gasteiger partial charge in [0.25, 0.3) is 10.1 Å². The van der Waals surface area contributed by atoms with Crippen LogP contribution in [0.1, 0.15) is 19.8 Å². The van der Waals surface area contributed by atoms with Gasteiger partial charge in [-0.15, -0.1) is 0 Å². The summed E-state index contributed by atoms with van der Waals surface area (Å²) < 4.78 is 28.7. The zero-order valence-electron chi connectivity index (χ0n) is 6.86. The van der Waals surface area contributed by atoms with Crippen LogP contribution >= 0.6 is 0 Å². The molecule has 13 heavy (non-hydrogen) atoms. The number of hydrogen-bond donors (Lipinski definition) is 1. The van der Waals surface area contributed by atoms with Crippen LogP contribution < -0.4 is 0 Å². The number of carbonyl (C=O) groups is 1. The predicted octanol–water partition coefficient (Wildman–Crippen LogP) is 0.151. The molecule has 72 valence electrons. The average Bonchev–Trinajstić information content (AvgIpc) is 1.84. The van der Waals surface area contributed by atoms with Crippen LogP contribution in [0.15, 0.2) is 12.2 Å². The van der Waals surface area contributed by atoms with E-state index in [0.717, 1.165) is 0 Å². The molecule has 0 radical (unpaired) electrons. The number of ketones is 1. The summed E-state index contributed by atoms with van der Waals surface area (Å²) in [5.74, 6) is -0.475. The van der Waals surface area contributed by atoms with Crippen molar-refractivity contribution in [2.45, 2.75) is 19.8 Å². The van der Waals surface area contributed by atoms with Gasteiger partial charge >= 0.3 is 29.6 Å². The van der Waals surface area contributed by atoms with Gasteiger partial charge in [0.1, 0.15) is 0 Å². The number of allylic oxidation sites excluding steroid dienone is 2. The van der Waals surface area contributed by atoms with Crippen LogP contribution in [0.3, 0.4) is 0 Å². The number of carbonyl (C=O) groups excluding carboxylic acids is 1. The molecule has 1 N–H and O–H groups in total. The molecule has 0 bridgehead atoms. The first-order chi connectivity index (χ1) is 5.45. The van der Waals surface area contributed by atoms with Gasteiger partial charge in [-0.2, -0.15) is 8.42 Å². The van der Waals surface area contributed by atoms with Crippen molar-refractivity contribution in [3.63, 3.8) is 0 Å². The molecular weight excluding hydrogens is 203 g/mol. The van der Waals surface area contributed by atoms with Crippen molar-refractivity contribution in [1.29, 1.82) is 0 Å². The van der Waals surface area contributed by atoms with Crippen molar-refractivity contribution in [3.8, 4) is 0 Å². The van der Waals surface area contributed by atoms with E-state index >= 15 is 0 Å². The molecule has 0 aromatic rings. The van der Waals surface area contributed by atoms with Crippen LogP contribution in [0, 0.1) is 0 Å². The predicted molar refractivity (Wildman–Crippen MR) is 52.6 cm³/mol. The zero-order valence-corrected chi connectivity index (χ0v) is 7.67. The Hall–Kier alpha value is 0.320. The summed E-state index contributed by atoms with van der Waals surface area (Å²) in [5, 5.41) is 0. The maximum atomic E-state index is 10.8. The Morgan fingerprint density at radius 2 is 2.00 bits per heavy atom. The quantitative estimate of drug-likeness (QED) is 0.403. The third-order valence-corrected chi connectivity index (χ3v) is 1.98. The molecule has 0 unspecified atom stereocenters. The van der Waals surface area contributed by atoms with Gasteiger partial charge in [0, 0.05) is 6.42 Å². The average molecular weight is 216 g/mol. The molecule has 0 aromatic carbocycles. The minimum absolute atomic E-state index is 0. The normalized spacial score (nSPS) is 11.2. The summed E-state index contributed by atoms with van der Waals surface area (Å²) in [6.07, 6.45) is 3.30. The summed E-state index contributed by atoms with van der Waals surface area (Å²) in [7, 11) is -3.91. The Morgan fingerprint density at radius 1 is 1.46 bits per heavy atom. The molecule has 0 saturated heterocycles. The molecule has 0 amide bonds. The third-order valence-electron chi connectivity index (χ3n) is 1.18. The molecule has 4 nitrogen and oxygen atoms in total. The molecule has 0 heterocycles. The van der Waals surface area contributed by atoms with Crippen molar-refractivity contribution in [3.05, 3.63) is 12.2 Å². The van der Waals surface area contributed by atoms with E-state index in [4.69, 9.17) is 4.55 Å². The molecule has 0 aliphatic carbocycles. The first-order valence-corrected chi connectivity index (χ1v) is 5.17. The SMILES string of the molecule is CC=CC(=O)CCCS(=O)(=O)O.[NaH]. The van der Waals surface area contributed by atoms with E-state index in [2.05, 4.69) is 0 Å². The van der Waals surface area contributed by atoms with E-state index in [1.54, 1.807) is 13.0 Å². The summed E-state index contributed by atoms with van der Waals surface area (Å²) in [6.45, 7) is 1.71. The van der Waals surface area contributed by atoms with Crippen LogP contribution in [0.2, 0.25) is 0 Å². The fourth-order valence-corrected chi connectivity index (χ4v) is 1.21. The van der Waals surface area contributed by atoms with Crippen LogP contribution in [0.25, 0.3) is 0 Å². The maximum absolute atomic E-state index is 10.8. The van der Waals surface area contributed by atoms with Gasteiger partial charge < -0.3 is 0 Å². The van der Waals surface area contributed by atoms with E-state index in [1.165, 1.54) is 6.08 Å². The monoisotopic (exact) mass is 216 g/mol. The fraction of sp³-hybridized carbons (Fsp3) is 0.571. The van der Waals surface area contributed by atoms with E-state index in [0.29, 0.717) is 0 Å². The molecule has 0 fully saturated rings. The van der Waals surface area contributed by atoms with Crippen molar-refractivity contribution in [1.82, 2.24) is 0 Å². The van der Waals surface area contributed by atoms with Gasteiger partial charge in [-0.25, -0.2) is 0 Å². The van der Waals surface area contributed by atoms with E-state index in [1.807, 2.05) is 0 Å². The van der Waals surface area contributed by atoms with Gasteiger partial charge in [0.15, 0.2) is 5.78 Å². The second-order valence-corrected chi connectivity index (χ2v) is 3.93. The molecule has 0 spiro atoms. The van der Waals surface area contributed by atoms with Crippen LogP contribution in [-0.2, 0) is 14.9 Å². The summed E-state index contributed by atoms with van der Waals surface area (Å²) in [5.41, 5.74) is 0. The van der Waals surface area contributed by atoms with E-state index in [-0.39, 0.29) is 53.9 Å². The fourth-order valence-electron chi connectivity index (χ4n) is 0.698. The van der Waals surface area contributed by atoms with Crippen LogP contribution in [0.4, 0.5) is 0 Å². The first kappa shape index (κ1) is 15.8. The summed E-state index contributed by atoms with van der Waals surface area (Å²) in [4.78, 5) is 10.8. The van der Waals surface area contributed by atoms with Crippen molar-refractivity contribution in [2.75, 3.05) is 5.75 Å². The molecule has 0 saturated carbocycles. The van der Waals surface area contributed by atoms with Gasteiger partial charge in [-0.3, -0.25) is 9.35 Å². The van der Waals surface area contributed by atoms with Gasteiger partial charge in [-0.1, -0.05) is 6.08 Å². The molecule has 0 rings (SSSR count). The molecular formula is C7H13NaO4S. The van der Waals surface area contributed by atoms with Gasteiger partial charge in [0.05, 0.1) is 5.75 Å². The van der Waals surface area contributed by atoms with E-state index < -0.39 is 10.1 Å². The Bertz CT molecular complexity index is 268. The Kier molecular flexibility index (Phi) is 9.34. The van der Waals surface area contributed by atoms with Gasteiger partial charge in [-0.05, 0) is 19.4 Å². The third kappa shape index (κ3) is 12.3. The number of hydrogen-bond acceptors (Lipinski definition) is 3. The van der Waals surface area contributed by atoms with Gasteiger partial charge in [0.2, 0.25) is 0 Å². The molecule has 0 atom stereocenters. The van der Waals surface area contributed by atoms with Crippen molar-refractivity contribution < 1.29 is 17.8 Å². The van der Waals surface area contributed by atoms with Crippen molar-refractivity contribution in [2.24, 2.45) is 0 Å². The second kappa shape index (κ2) is 7.70. The first-order valence-electron chi connectivity index (χ1n) is 3.56. The van der Waals surface area contributed by atoms with Crippen LogP contribution in [0.5, 0.6) is 0 Å². The molecule has 0 aliphatic heterocycles. The van der Waals surface area contributed by atoms with E-state index in [9.17, 15) is 13.2 Å². The Morgan fingerprint density at radius 3 is 2.38 bits per heavy atom.